The molecule has 36 heavy (non-hydrogen) atoms. The molecule has 2 N–H and O–H groups in total. The lowest BCUT2D eigenvalue weighted by molar-refractivity contribution is 0.0927. The topological polar surface area (TPSA) is 110 Å². The van der Waals surface area contributed by atoms with Crippen LogP contribution in [0.15, 0.2) is 59.8 Å². The Morgan fingerprint density at radius 1 is 1.03 bits per heavy atom. The molecule has 0 radical (unpaired) electrons. The van der Waals surface area contributed by atoms with Crippen molar-refractivity contribution in [2.75, 3.05) is 0 Å². The fraction of sp³-hybridized carbons (Fsp3) is 0.296. The zero-order valence-electron chi connectivity index (χ0n) is 20.2. The van der Waals surface area contributed by atoms with E-state index in [0.29, 0.717) is 10.9 Å². The summed E-state index contributed by atoms with van der Waals surface area (Å²) in [6.45, 7) is 2.03. The summed E-state index contributed by atoms with van der Waals surface area (Å²) in [6, 6.07) is 11.6. The smallest absolute Gasteiger partial charge is 0.272 e. The summed E-state index contributed by atoms with van der Waals surface area (Å²) in [7, 11) is 1.92. The normalized spacial score (nSPS) is 18.1. The Kier molecular flexibility index (Phi) is 5.40. The molecule has 0 bridgehead atoms. The van der Waals surface area contributed by atoms with Crippen LogP contribution in [-0.4, -0.2) is 41.5 Å². The zero-order chi connectivity index (χ0) is 24.8. The van der Waals surface area contributed by atoms with E-state index in [1.54, 1.807) is 10.7 Å². The third-order valence-corrected chi connectivity index (χ3v) is 7.48. The quantitative estimate of drug-likeness (QED) is 0.406. The summed E-state index contributed by atoms with van der Waals surface area (Å²) in [5, 5.41) is 20.6. The van der Waals surface area contributed by atoms with E-state index in [-0.39, 0.29) is 23.4 Å². The Bertz CT molecular complexity index is 1650. The highest BCUT2D eigenvalue weighted by atomic mass is 16.1. The third kappa shape index (κ3) is 3.77. The first kappa shape index (κ1) is 22.2. The van der Waals surface area contributed by atoms with Crippen LogP contribution in [0.2, 0.25) is 0 Å². The van der Waals surface area contributed by atoms with Gasteiger partial charge in [0.25, 0.3) is 11.5 Å². The van der Waals surface area contributed by atoms with Crippen LogP contribution in [0.1, 0.15) is 53.3 Å². The Morgan fingerprint density at radius 2 is 1.81 bits per heavy atom. The van der Waals surface area contributed by atoms with Crippen molar-refractivity contribution in [3.63, 3.8) is 0 Å². The number of pyridine rings is 1. The first-order chi connectivity index (χ1) is 17.5. The summed E-state index contributed by atoms with van der Waals surface area (Å²) in [5.74, 6) is 0.151. The first-order valence-corrected chi connectivity index (χ1v) is 12.2. The van der Waals surface area contributed by atoms with Gasteiger partial charge in [0.15, 0.2) is 0 Å². The molecule has 182 valence electrons. The molecule has 0 saturated heterocycles. The number of nitrogens with one attached hydrogen (secondary N) is 2. The van der Waals surface area contributed by atoms with E-state index in [2.05, 4.69) is 25.7 Å². The Balaban J connectivity index is 1.15. The number of fused-ring (bicyclic) bond motifs is 2. The molecule has 1 amide bonds. The van der Waals surface area contributed by atoms with Crippen LogP contribution < -0.4 is 10.9 Å². The zero-order valence-corrected chi connectivity index (χ0v) is 20.2. The molecule has 6 rings (SSSR count). The molecule has 1 aliphatic rings. The van der Waals surface area contributed by atoms with Crippen LogP contribution in [0.4, 0.5) is 0 Å². The van der Waals surface area contributed by atoms with Crippen molar-refractivity contribution >= 4 is 22.2 Å². The minimum Gasteiger partial charge on any atom is -0.349 e. The van der Waals surface area contributed by atoms with Gasteiger partial charge in [-0.15, -0.1) is 0 Å². The lowest BCUT2D eigenvalue weighted by Crippen LogP contribution is -2.37. The van der Waals surface area contributed by atoms with Crippen LogP contribution in [0.3, 0.4) is 0 Å². The largest absolute Gasteiger partial charge is 0.349 e. The van der Waals surface area contributed by atoms with Crippen LogP contribution in [0, 0.1) is 6.92 Å². The Morgan fingerprint density at radius 3 is 2.56 bits per heavy atom. The maximum absolute atomic E-state index is 13.1. The van der Waals surface area contributed by atoms with Crippen molar-refractivity contribution in [3.05, 3.63) is 82.3 Å². The molecule has 4 aromatic heterocycles. The van der Waals surface area contributed by atoms with E-state index >= 15 is 0 Å². The number of aryl methyl sites for hydroxylation is 1. The number of aromatic nitrogens is 6. The predicted octanol–water partition coefficient (Wildman–Crippen LogP) is 3.74. The highest BCUT2D eigenvalue weighted by molar-refractivity contribution is 6.01. The maximum Gasteiger partial charge on any atom is 0.272 e. The molecule has 1 aliphatic carbocycles. The molecular weight excluding hydrogens is 454 g/mol. The van der Waals surface area contributed by atoms with Crippen molar-refractivity contribution in [2.45, 2.75) is 44.6 Å². The lowest BCUT2D eigenvalue weighted by Gasteiger charge is -2.29. The van der Waals surface area contributed by atoms with E-state index in [9.17, 15) is 9.59 Å². The van der Waals surface area contributed by atoms with E-state index in [1.807, 2.05) is 67.4 Å². The number of hydrogen-bond donors (Lipinski definition) is 2. The third-order valence-electron chi connectivity index (χ3n) is 7.48. The van der Waals surface area contributed by atoms with Gasteiger partial charge >= 0.3 is 0 Å². The molecule has 1 saturated carbocycles. The SMILES string of the molecule is Cc1c(-c2ccc3c(C(=O)NC4CCC(c5n[nH]c(=O)c6ccccc56)CC4)cnn3c2)cnn1C. The van der Waals surface area contributed by atoms with Crippen molar-refractivity contribution in [3.8, 4) is 11.1 Å². The second-order valence-corrected chi connectivity index (χ2v) is 9.58. The molecule has 1 aromatic carbocycles. The number of H-pyrrole nitrogens is 1. The molecule has 5 aromatic rings. The van der Waals surface area contributed by atoms with E-state index in [1.165, 1.54) is 0 Å². The average Bonchev–Trinajstić information content (AvgIpc) is 3.47. The fourth-order valence-corrected chi connectivity index (χ4v) is 5.32. The van der Waals surface area contributed by atoms with Gasteiger partial charge in [0.05, 0.1) is 34.6 Å². The summed E-state index contributed by atoms with van der Waals surface area (Å²) < 4.78 is 3.59. The number of hydrogen-bond acceptors (Lipinski definition) is 5. The second kappa shape index (κ2) is 8.75. The predicted molar refractivity (Wildman–Crippen MR) is 137 cm³/mol. The number of carbonyl (C=O) groups is 1. The van der Waals surface area contributed by atoms with Crippen molar-refractivity contribution in [1.29, 1.82) is 0 Å². The van der Waals surface area contributed by atoms with E-state index < -0.39 is 0 Å². The standard InChI is InChI=1S/C27H27N7O2/c1-16-22(13-28-33(16)2)18-9-12-24-23(14-29-34(24)15-18)26(35)30-19-10-7-17(8-11-19)25-20-5-3-4-6-21(20)27(36)32-31-25/h3-6,9,12-15,17,19H,7-8,10-11H2,1-2H3,(H,30,35)(H,32,36). The Hall–Kier alpha value is -4.27. The summed E-state index contributed by atoms with van der Waals surface area (Å²) >= 11 is 0. The summed E-state index contributed by atoms with van der Waals surface area (Å²) in [5.41, 5.74) is 5.24. The van der Waals surface area contributed by atoms with Crippen LogP contribution in [-0.2, 0) is 7.05 Å². The van der Waals surface area contributed by atoms with Crippen molar-refractivity contribution < 1.29 is 4.79 Å². The van der Waals surface area contributed by atoms with Crippen LogP contribution in [0.25, 0.3) is 27.4 Å². The van der Waals surface area contributed by atoms with Crippen molar-refractivity contribution in [1.82, 2.24) is 34.9 Å². The molecule has 9 heteroatoms. The number of amides is 1. The van der Waals surface area contributed by atoms with Gasteiger partial charge in [-0.1, -0.05) is 24.3 Å². The highest BCUT2D eigenvalue weighted by Gasteiger charge is 2.27. The molecule has 0 unspecified atom stereocenters. The van der Waals surface area contributed by atoms with E-state index in [4.69, 9.17) is 0 Å². The monoisotopic (exact) mass is 481 g/mol. The molecule has 0 atom stereocenters. The fourth-order valence-electron chi connectivity index (χ4n) is 5.32. The molecule has 1 fully saturated rings. The number of nitrogens with zero attached hydrogens (tertiary/aromatic N) is 5. The number of carbonyl (C=O) groups excluding carboxylic acids is 1. The maximum atomic E-state index is 13.1. The minimum atomic E-state index is -0.161. The van der Waals surface area contributed by atoms with Gasteiger partial charge in [-0.25, -0.2) is 9.61 Å². The van der Waals surface area contributed by atoms with Crippen molar-refractivity contribution in [2.24, 2.45) is 7.05 Å². The number of aromatic amines is 1. The molecule has 4 heterocycles. The first-order valence-electron chi connectivity index (χ1n) is 12.2. The van der Waals surface area contributed by atoms with Crippen LogP contribution in [0.5, 0.6) is 0 Å². The molecule has 0 aliphatic heterocycles. The molecule has 0 spiro atoms. The number of rotatable bonds is 4. The summed E-state index contributed by atoms with van der Waals surface area (Å²) in [6.07, 6.45) is 8.92. The van der Waals surface area contributed by atoms with Gasteiger partial charge in [-0.05, 0) is 44.7 Å². The van der Waals surface area contributed by atoms with Gasteiger partial charge < -0.3 is 5.32 Å². The number of benzene rings is 1. The highest BCUT2D eigenvalue weighted by Crippen LogP contribution is 2.34. The Labute approximate surface area is 207 Å². The van der Waals surface area contributed by atoms with Crippen LogP contribution >= 0.6 is 0 Å². The van der Waals surface area contributed by atoms with Gasteiger partial charge in [0.2, 0.25) is 0 Å². The summed E-state index contributed by atoms with van der Waals surface area (Å²) in [4.78, 5) is 25.3. The molecular formula is C27H27N7O2. The van der Waals surface area contributed by atoms with Gasteiger partial charge in [0.1, 0.15) is 0 Å². The average molecular weight is 482 g/mol. The molecule has 9 nitrogen and oxygen atoms in total. The minimum absolute atomic E-state index is 0.0926. The van der Waals surface area contributed by atoms with Gasteiger partial charge in [-0.2, -0.15) is 15.3 Å². The van der Waals surface area contributed by atoms with Gasteiger partial charge in [0, 0.05) is 47.4 Å². The second-order valence-electron chi connectivity index (χ2n) is 9.58. The lowest BCUT2D eigenvalue weighted by atomic mass is 9.82. The van der Waals surface area contributed by atoms with Gasteiger partial charge in [-0.3, -0.25) is 14.3 Å². The van der Waals surface area contributed by atoms with E-state index in [0.717, 1.165) is 59.1 Å².